The molecule has 106 valence electrons. The van der Waals surface area contributed by atoms with Crippen LogP contribution in [0.15, 0.2) is 16.5 Å². The maximum atomic E-state index is 13.5. The molecular weight excluding hydrogens is 270 g/mol. The van der Waals surface area contributed by atoms with Crippen molar-refractivity contribution in [1.29, 1.82) is 0 Å². The average molecular weight is 282 g/mol. The van der Waals surface area contributed by atoms with Crippen molar-refractivity contribution in [3.05, 3.63) is 46.7 Å². The Labute approximate surface area is 113 Å². The Kier molecular flexibility index (Phi) is 3.78. The highest BCUT2D eigenvalue weighted by Crippen LogP contribution is 2.20. The zero-order chi connectivity index (χ0) is 14.9. The number of rotatable bonds is 3. The maximum absolute atomic E-state index is 13.5. The van der Waals surface area contributed by atoms with Gasteiger partial charge in [-0.3, -0.25) is 0 Å². The van der Waals surface area contributed by atoms with E-state index in [2.05, 4.69) is 10.2 Å². The highest BCUT2D eigenvalue weighted by atomic mass is 19.1. The summed E-state index contributed by atoms with van der Waals surface area (Å²) in [5.41, 5.74) is -0.188. The smallest absolute Gasteiger partial charge is 0.341 e. The summed E-state index contributed by atoms with van der Waals surface area (Å²) in [5.74, 6) is -2.19. The molecule has 0 aliphatic carbocycles. The molecule has 0 amide bonds. The molecule has 2 rings (SSSR count). The number of esters is 1. The van der Waals surface area contributed by atoms with E-state index in [0.29, 0.717) is 12.0 Å². The van der Waals surface area contributed by atoms with Crippen LogP contribution in [0.1, 0.15) is 40.7 Å². The van der Waals surface area contributed by atoms with Gasteiger partial charge in [-0.15, -0.1) is 10.2 Å². The molecule has 5 nitrogen and oxygen atoms in total. The molecule has 1 aromatic carbocycles. The Bertz CT molecular complexity index is 655. The van der Waals surface area contributed by atoms with Crippen LogP contribution in [0.3, 0.4) is 0 Å². The SMILES string of the molecule is Cc1nnc(C(C)OC(=O)c2cc(C)c(F)cc2F)o1. The summed E-state index contributed by atoms with van der Waals surface area (Å²) in [4.78, 5) is 11.8. The number of nitrogens with zero attached hydrogens (tertiary/aromatic N) is 2. The van der Waals surface area contributed by atoms with Gasteiger partial charge in [0.15, 0.2) is 6.10 Å². The summed E-state index contributed by atoms with van der Waals surface area (Å²) in [5, 5.41) is 7.30. The van der Waals surface area contributed by atoms with Gasteiger partial charge < -0.3 is 9.15 Å². The van der Waals surface area contributed by atoms with Crippen molar-refractivity contribution in [3.8, 4) is 0 Å². The summed E-state index contributed by atoms with van der Waals surface area (Å²) < 4.78 is 36.8. The average Bonchev–Trinajstić information content (AvgIpc) is 2.80. The number of ether oxygens (including phenoxy) is 1. The second-order valence-corrected chi connectivity index (χ2v) is 4.29. The maximum Gasteiger partial charge on any atom is 0.341 e. The number of carbonyl (C=O) groups excluding carboxylic acids is 1. The molecule has 0 fully saturated rings. The molecule has 1 heterocycles. The fourth-order valence-corrected chi connectivity index (χ4v) is 1.56. The normalized spacial score (nSPS) is 12.2. The first-order valence-electron chi connectivity index (χ1n) is 5.85. The highest BCUT2D eigenvalue weighted by molar-refractivity contribution is 5.90. The molecule has 0 saturated heterocycles. The van der Waals surface area contributed by atoms with Crippen LogP contribution in [0.25, 0.3) is 0 Å². The number of aromatic nitrogens is 2. The van der Waals surface area contributed by atoms with E-state index >= 15 is 0 Å². The second-order valence-electron chi connectivity index (χ2n) is 4.29. The van der Waals surface area contributed by atoms with Crippen molar-refractivity contribution in [3.63, 3.8) is 0 Å². The Balaban J connectivity index is 2.18. The van der Waals surface area contributed by atoms with Crippen molar-refractivity contribution in [2.24, 2.45) is 0 Å². The highest BCUT2D eigenvalue weighted by Gasteiger charge is 2.21. The summed E-state index contributed by atoms with van der Waals surface area (Å²) in [6.45, 7) is 4.53. The number of hydrogen-bond acceptors (Lipinski definition) is 5. The molecule has 1 aromatic heterocycles. The zero-order valence-corrected chi connectivity index (χ0v) is 11.1. The minimum Gasteiger partial charge on any atom is -0.449 e. The largest absolute Gasteiger partial charge is 0.449 e. The quantitative estimate of drug-likeness (QED) is 0.810. The number of halogens is 2. The first kappa shape index (κ1) is 14.1. The summed E-state index contributed by atoms with van der Waals surface area (Å²) in [6, 6.07) is 1.74. The Morgan fingerprint density at radius 2 is 1.95 bits per heavy atom. The Morgan fingerprint density at radius 1 is 1.25 bits per heavy atom. The third-order valence-electron chi connectivity index (χ3n) is 2.64. The summed E-state index contributed by atoms with van der Waals surface area (Å²) in [7, 11) is 0. The lowest BCUT2D eigenvalue weighted by Gasteiger charge is -2.10. The van der Waals surface area contributed by atoms with E-state index in [9.17, 15) is 13.6 Å². The summed E-state index contributed by atoms with van der Waals surface area (Å²) in [6.07, 6.45) is -0.826. The van der Waals surface area contributed by atoms with Crippen LogP contribution in [0.5, 0.6) is 0 Å². The van der Waals surface area contributed by atoms with E-state index in [1.807, 2.05) is 0 Å². The molecule has 2 aromatic rings. The van der Waals surface area contributed by atoms with Gasteiger partial charge >= 0.3 is 5.97 Å². The van der Waals surface area contributed by atoms with E-state index in [-0.39, 0.29) is 17.0 Å². The molecule has 1 unspecified atom stereocenters. The van der Waals surface area contributed by atoms with Crippen LogP contribution in [-0.4, -0.2) is 16.2 Å². The molecule has 0 bridgehead atoms. The van der Waals surface area contributed by atoms with E-state index in [0.717, 1.165) is 6.07 Å². The van der Waals surface area contributed by atoms with Gasteiger partial charge in [-0.05, 0) is 25.5 Å². The van der Waals surface area contributed by atoms with Crippen molar-refractivity contribution in [2.75, 3.05) is 0 Å². The van der Waals surface area contributed by atoms with Gasteiger partial charge in [0.05, 0.1) is 5.56 Å². The third-order valence-corrected chi connectivity index (χ3v) is 2.64. The number of benzene rings is 1. The first-order chi connectivity index (χ1) is 9.38. The minimum atomic E-state index is -0.980. The Morgan fingerprint density at radius 3 is 2.55 bits per heavy atom. The Hall–Kier alpha value is -2.31. The van der Waals surface area contributed by atoms with Crippen LogP contribution in [0, 0.1) is 25.5 Å². The standard InChI is InChI=1S/C13H12F2N2O3/c1-6-4-9(11(15)5-10(6)14)13(18)19-7(2)12-17-16-8(3)20-12/h4-5,7H,1-3H3. The monoisotopic (exact) mass is 282 g/mol. The van der Waals surface area contributed by atoms with Crippen LogP contribution >= 0.6 is 0 Å². The lowest BCUT2D eigenvalue weighted by Crippen LogP contribution is -2.12. The van der Waals surface area contributed by atoms with Crippen LogP contribution in [0.2, 0.25) is 0 Å². The molecule has 7 heteroatoms. The van der Waals surface area contributed by atoms with Gasteiger partial charge in [-0.25, -0.2) is 13.6 Å². The van der Waals surface area contributed by atoms with Gasteiger partial charge in [0.2, 0.25) is 5.89 Å². The van der Waals surface area contributed by atoms with E-state index < -0.39 is 23.7 Å². The zero-order valence-electron chi connectivity index (χ0n) is 11.1. The lowest BCUT2D eigenvalue weighted by atomic mass is 10.1. The van der Waals surface area contributed by atoms with E-state index in [1.165, 1.54) is 13.8 Å². The first-order valence-corrected chi connectivity index (χ1v) is 5.85. The number of carbonyl (C=O) groups is 1. The number of hydrogen-bond donors (Lipinski definition) is 0. The van der Waals surface area contributed by atoms with Gasteiger partial charge in [0, 0.05) is 13.0 Å². The van der Waals surface area contributed by atoms with Crippen molar-refractivity contribution < 1.29 is 22.7 Å². The van der Waals surface area contributed by atoms with Crippen molar-refractivity contribution in [2.45, 2.75) is 26.9 Å². The molecule has 0 spiro atoms. The topological polar surface area (TPSA) is 65.2 Å². The minimum absolute atomic E-state index is 0.107. The predicted octanol–water partition coefficient (Wildman–Crippen LogP) is 2.88. The van der Waals surface area contributed by atoms with Gasteiger partial charge in [0.1, 0.15) is 11.6 Å². The van der Waals surface area contributed by atoms with Gasteiger partial charge in [-0.1, -0.05) is 0 Å². The van der Waals surface area contributed by atoms with Gasteiger partial charge in [-0.2, -0.15) is 0 Å². The molecule has 20 heavy (non-hydrogen) atoms. The molecule has 0 radical (unpaired) electrons. The van der Waals surface area contributed by atoms with Crippen molar-refractivity contribution in [1.82, 2.24) is 10.2 Å². The van der Waals surface area contributed by atoms with Gasteiger partial charge in [0.25, 0.3) is 5.89 Å². The fourth-order valence-electron chi connectivity index (χ4n) is 1.56. The fraction of sp³-hybridized carbons (Fsp3) is 0.308. The molecule has 0 N–H and O–H groups in total. The van der Waals surface area contributed by atoms with Crippen molar-refractivity contribution >= 4 is 5.97 Å². The van der Waals surface area contributed by atoms with E-state index in [1.54, 1.807) is 6.92 Å². The third kappa shape index (κ3) is 2.81. The van der Waals surface area contributed by atoms with Crippen LogP contribution in [0.4, 0.5) is 8.78 Å². The second kappa shape index (κ2) is 5.36. The molecule has 0 aliphatic heterocycles. The van der Waals surface area contributed by atoms with Crippen LogP contribution < -0.4 is 0 Å². The molecule has 0 saturated carbocycles. The summed E-state index contributed by atoms with van der Waals surface area (Å²) >= 11 is 0. The molecule has 1 atom stereocenters. The lowest BCUT2D eigenvalue weighted by molar-refractivity contribution is 0.0271. The van der Waals surface area contributed by atoms with Crippen LogP contribution in [-0.2, 0) is 4.74 Å². The predicted molar refractivity (Wildman–Crippen MR) is 64.0 cm³/mol. The molecule has 0 aliphatic rings. The van der Waals surface area contributed by atoms with E-state index in [4.69, 9.17) is 9.15 Å². The molecular formula is C13H12F2N2O3. The number of aryl methyl sites for hydroxylation is 2.